The second-order valence-electron chi connectivity index (χ2n) is 18.4. The van der Waals surface area contributed by atoms with E-state index in [1.54, 1.807) is 47.4 Å². The van der Waals surface area contributed by atoms with Crippen molar-refractivity contribution < 1.29 is 73.5 Å². The third-order valence-corrected chi connectivity index (χ3v) is 15.3. The van der Waals surface area contributed by atoms with Crippen LogP contribution in [0.25, 0.3) is 21.5 Å². The standard InChI is InChI=1S/C47H48N4O15S3/c1-46(2)36(49(20-8-6-7-9-41(55)66-51-39(53)18-19-40(51)54)34-16-10-26-21-28(68(60,61)62)12-14-30(26)42(34)46)23-32-44(56)33(45(32)57)24-37-47(3,4)43-31-15-13-29(69(63,64)65)22-27(31)11-17-35(43)50(37)25-38(52)48-67(5,58)59/h10-19,21-24,33,44,56H,6-9,20,25H2,1-5H3,(H4,48,52,57,60,61,62,63,64,65)/p+1. The lowest BCUT2D eigenvalue weighted by atomic mass is 9.70. The number of fused-ring (bicyclic) bond motifs is 6. The van der Waals surface area contributed by atoms with Crippen molar-refractivity contribution in [3.8, 4) is 11.8 Å². The first-order valence-electron chi connectivity index (χ1n) is 21.6. The molecule has 22 heteroatoms. The third kappa shape index (κ3) is 9.03. The fourth-order valence-electron chi connectivity index (χ4n) is 9.80. The van der Waals surface area contributed by atoms with Gasteiger partial charge in [0.2, 0.25) is 27.5 Å². The minimum Gasteiger partial charge on any atom is -0.492 e. The Morgan fingerprint density at radius 2 is 1.36 bits per heavy atom. The van der Waals surface area contributed by atoms with Crippen LogP contribution >= 0.6 is 0 Å². The molecule has 69 heavy (non-hydrogen) atoms. The monoisotopic (exact) mass is 1010 g/mol. The number of allylic oxidation sites excluding steroid dienone is 2. The first kappa shape index (κ1) is 49.0. The molecule has 19 nitrogen and oxygen atoms in total. The van der Waals surface area contributed by atoms with E-state index in [-0.39, 0.29) is 21.8 Å². The minimum absolute atomic E-state index is 0.0367. The molecule has 364 valence electrons. The molecule has 8 rings (SSSR count). The van der Waals surface area contributed by atoms with Crippen LogP contribution in [0.1, 0.15) is 64.5 Å². The second kappa shape index (κ2) is 17.2. The number of aliphatic hydroxyl groups excluding tert-OH is 1. The fourth-order valence-corrected chi connectivity index (χ4v) is 11.3. The second-order valence-corrected chi connectivity index (χ2v) is 23.0. The number of carbonyl (C=O) groups excluding carboxylic acids is 3. The summed E-state index contributed by atoms with van der Waals surface area (Å²) in [5, 5.41) is 33.8. The lowest BCUT2D eigenvalue weighted by molar-refractivity contribution is -0.438. The molecule has 3 aliphatic rings. The van der Waals surface area contributed by atoms with E-state index in [1.807, 2.05) is 37.0 Å². The van der Waals surface area contributed by atoms with Crippen molar-refractivity contribution in [2.45, 2.75) is 80.1 Å². The summed E-state index contributed by atoms with van der Waals surface area (Å²) in [5.74, 6) is -4.04. The van der Waals surface area contributed by atoms with Crippen LogP contribution in [-0.2, 0) is 55.5 Å². The number of unbranched alkanes of at least 4 members (excludes halogenated alkanes) is 2. The number of Topliss-reactive ketones (excluding diaryl/α,β-unsaturated/α-hetero) is 1. The van der Waals surface area contributed by atoms with E-state index in [2.05, 4.69) is 0 Å². The van der Waals surface area contributed by atoms with Gasteiger partial charge in [-0.15, -0.1) is 4.73 Å². The van der Waals surface area contributed by atoms with Crippen molar-refractivity contribution in [2.24, 2.45) is 5.92 Å². The highest BCUT2D eigenvalue weighted by atomic mass is 32.2. The number of nitrogens with zero attached hydrogens (tertiary/aromatic N) is 3. The summed E-state index contributed by atoms with van der Waals surface area (Å²) in [6.07, 6.45) is 4.04. The van der Waals surface area contributed by atoms with Gasteiger partial charge in [-0.05, 0) is 90.2 Å². The maximum atomic E-state index is 14.4. The Kier molecular flexibility index (Phi) is 12.2. The molecule has 0 bridgehead atoms. The minimum atomic E-state index is -4.56. The summed E-state index contributed by atoms with van der Waals surface area (Å²) in [4.78, 5) is 46.2. The van der Waals surface area contributed by atoms with Crippen LogP contribution in [0.15, 0.2) is 106 Å². The molecular formula is C47H49N4O15S3+. The average Bonchev–Trinajstić information content (AvgIpc) is 3.77. The van der Waals surface area contributed by atoms with Crippen LogP contribution < -0.4 is 14.5 Å². The summed E-state index contributed by atoms with van der Waals surface area (Å²) >= 11 is 0. The van der Waals surface area contributed by atoms with Gasteiger partial charge in [0.15, 0.2) is 11.5 Å². The van der Waals surface area contributed by atoms with Crippen molar-refractivity contribution in [3.05, 3.63) is 107 Å². The molecule has 0 radical (unpaired) electrons. The molecule has 0 spiro atoms. The predicted molar refractivity (Wildman–Crippen MR) is 252 cm³/mol. The molecule has 4 aromatic carbocycles. The Balaban J connectivity index is 1.14. The van der Waals surface area contributed by atoms with Gasteiger partial charge in [-0.3, -0.25) is 23.4 Å². The number of aromatic nitrogens is 1. The molecule has 1 fully saturated rings. The Bertz CT molecular complexity index is 3480. The summed E-state index contributed by atoms with van der Waals surface area (Å²) in [6, 6.07) is 17.4. The Labute approximate surface area is 397 Å². The number of hydrogen-bond acceptors (Lipinski definition) is 14. The molecular weight excluding hydrogens is 957 g/mol. The van der Waals surface area contributed by atoms with Crippen LogP contribution in [0.5, 0.6) is 11.8 Å². The topological polar surface area (TPSA) is 287 Å². The van der Waals surface area contributed by atoms with E-state index in [0.717, 1.165) is 17.5 Å². The number of aromatic hydroxyl groups is 2. The number of carbonyl (C=O) groups is 3. The van der Waals surface area contributed by atoms with Gasteiger partial charge in [0.1, 0.15) is 13.1 Å². The Hall–Kier alpha value is -6.43. The van der Waals surface area contributed by atoms with E-state index < -0.39 is 89.1 Å². The number of ketones is 1. The quantitative estimate of drug-likeness (QED) is 0.0385. The van der Waals surface area contributed by atoms with E-state index in [0.29, 0.717) is 74.7 Å². The van der Waals surface area contributed by atoms with E-state index in [1.165, 1.54) is 42.5 Å². The maximum absolute atomic E-state index is 14.4. The summed E-state index contributed by atoms with van der Waals surface area (Å²) < 4.78 is 96.5. The zero-order valence-electron chi connectivity index (χ0n) is 37.9. The molecule has 3 heterocycles. The fraction of sp³-hybridized carbons (Fsp3) is 0.319. The SMILES string of the molecule is CC1(C)C(=CC2C(=O)C(=CC3=[N+](CCCCCC(=O)On4c(O)ccc4O)c4ccc5cc(S(=O)(=O)O)ccc5c4C3(C)C)C2O)N(CC(=O)NS(C)(=O)=O)c2ccc3cc(S(=O)(=O)O)ccc3c21. The lowest BCUT2D eigenvalue weighted by Crippen LogP contribution is -2.46. The number of sulfonamides is 1. The Morgan fingerprint density at radius 1 is 0.783 bits per heavy atom. The zero-order valence-corrected chi connectivity index (χ0v) is 40.3. The number of rotatable bonds is 14. The first-order valence-corrected chi connectivity index (χ1v) is 26.4. The highest BCUT2D eigenvalue weighted by molar-refractivity contribution is 7.89. The van der Waals surface area contributed by atoms with E-state index in [9.17, 15) is 64.1 Å². The number of amides is 1. The summed E-state index contributed by atoms with van der Waals surface area (Å²) in [5.41, 5.74) is 1.78. The Morgan fingerprint density at radius 3 is 1.93 bits per heavy atom. The lowest BCUT2D eigenvalue weighted by Gasteiger charge is -2.35. The molecule has 1 aliphatic carbocycles. The van der Waals surface area contributed by atoms with Crippen molar-refractivity contribution in [1.29, 1.82) is 0 Å². The molecule has 2 aliphatic heterocycles. The van der Waals surface area contributed by atoms with Gasteiger partial charge in [-0.25, -0.2) is 13.2 Å². The summed E-state index contributed by atoms with van der Waals surface area (Å²) in [7, 11) is -13.1. The van der Waals surface area contributed by atoms with Crippen LogP contribution in [0.3, 0.4) is 0 Å². The van der Waals surface area contributed by atoms with Crippen LogP contribution in [0.4, 0.5) is 11.4 Å². The van der Waals surface area contributed by atoms with Gasteiger partial charge in [-0.1, -0.05) is 38.1 Å². The van der Waals surface area contributed by atoms with Crippen molar-refractivity contribution in [2.75, 3.05) is 24.2 Å². The van der Waals surface area contributed by atoms with Gasteiger partial charge in [0.25, 0.3) is 26.1 Å². The van der Waals surface area contributed by atoms with Crippen molar-refractivity contribution >= 4 is 86.6 Å². The van der Waals surface area contributed by atoms with Crippen molar-refractivity contribution in [1.82, 2.24) is 9.45 Å². The molecule has 1 amide bonds. The highest BCUT2D eigenvalue weighted by Gasteiger charge is 2.51. The molecule has 2 unspecified atom stereocenters. The number of anilines is 1. The van der Waals surface area contributed by atoms with Gasteiger partial charge < -0.3 is 25.1 Å². The molecule has 6 N–H and O–H groups in total. The third-order valence-electron chi connectivity index (χ3n) is 13.0. The first-order chi connectivity index (χ1) is 32.1. The van der Waals surface area contributed by atoms with Gasteiger partial charge in [-0.2, -0.15) is 21.4 Å². The molecule has 2 atom stereocenters. The van der Waals surface area contributed by atoms with E-state index >= 15 is 0 Å². The smallest absolute Gasteiger partial charge is 0.333 e. The molecule has 5 aromatic rings. The van der Waals surface area contributed by atoms with Crippen LogP contribution in [-0.4, -0.2) is 108 Å². The van der Waals surface area contributed by atoms with Crippen LogP contribution in [0.2, 0.25) is 0 Å². The van der Waals surface area contributed by atoms with E-state index in [4.69, 9.17) is 4.84 Å². The van der Waals surface area contributed by atoms with Gasteiger partial charge in [0.05, 0.1) is 33.5 Å². The zero-order chi connectivity index (χ0) is 50.3. The van der Waals surface area contributed by atoms with Crippen LogP contribution in [0, 0.1) is 5.92 Å². The normalized spacial score (nSPS) is 19.9. The van der Waals surface area contributed by atoms with Gasteiger partial charge in [0, 0.05) is 65.1 Å². The predicted octanol–water partition coefficient (Wildman–Crippen LogP) is 4.53. The number of benzene rings is 4. The molecule has 1 aromatic heterocycles. The highest BCUT2D eigenvalue weighted by Crippen LogP contribution is 2.52. The number of nitrogens with one attached hydrogen (secondary N) is 1. The largest absolute Gasteiger partial charge is 0.492 e. The van der Waals surface area contributed by atoms with Crippen molar-refractivity contribution in [3.63, 3.8) is 0 Å². The van der Waals surface area contributed by atoms with Gasteiger partial charge >= 0.3 is 5.97 Å². The average molecular weight is 1010 g/mol. The molecule has 0 saturated heterocycles. The molecule has 1 saturated carbocycles. The number of hydrogen-bond donors (Lipinski definition) is 6. The maximum Gasteiger partial charge on any atom is 0.333 e. The summed E-state index contributed by atoms with van der Waals surface area (Å²) in [6.45, 7) is 7.32. The number of aliphatic hydroxyl groups is 1.